The zero-order chi connectivity index (χ0) is 56.6. The van der Waals surface area contributed by atoms with Gasteiger partial charge in [-0.05, 0) is 90.7 Å². The number of carbonyl (C=O) groups excluding carboxylic acids is 9. The van der Waals surface area contributed by atoms with Crippen molar-refractivity contribution < 1.29 is 53.4 Å². The molecule has 23 nitrogen and oxygen atoms in total. The van der Waals surface area contributed by atoms with E-state index in [0.29, 0.717) is 29.5 Å². The fraction of sp³-hybridized carbons (Fsp3) is 0.400. The number of unbranched alkanes of at least 4 members (excludes halogenated alkanes) is 1. The maximum absolute atomic E-state index is 14.9. The van der Waals surface area contributed by atoms with Gasteiger partial charge in [-0.25, -0.2) is 0 Å². The van der Waals surface area contributed by atoms with Crippen molar-refractivity contribution in [2.45, 2.75) is 120 Å². The minimum atomic E-state index is -1.77. The third-order valence-corrected chi connectivity index (χ3v) is 13.4. The summed E-state index contributed by atoms with van der Waals surface area (Å²) in [6.07, 6.45) is -0.244. The molecule has 1 fully saturated rings. The number of benzene rings is 4. The molecule has 5 aromatic rings. The molecular formula is C55H70N12O11. The Morgan fingerprint density at radius 1 is 0.718 bits per heavy atom. The van der Waals surface area contributed by atoms with Gasteiger partial charge in [-0.15, -0.1) is 0 Å². The maximum atomic E-state index is 14.9. The van der Waals surface area contributed by atoms with Crippen LogP contribution in [0.15, 0.2) is 97.2 Å². The first-order valence-electron chi connectivity index (χ1n) is 25.8. The number of aliphatic hydroxyl groups excluding tert-OH is 1. The number of phenols is 1. The Bertz CT molecular complexity index is 2960. The molecule has 2 heterocycles. The van der Waals surface area contributed by atoms with Crippen molar-refractivity contribution in [2.75, 3.05) is 13.1 Å². The monoisotopic (exact) mass is 1070 g/mol. The van der Waals surface area contributed by atoms with Crippen LogP contribution in [0.2, 0.25) is 0 Å². The van der Waals surface area contributed by atoms with Crippen molar-refractivity contribution in [3.8, 4) is 5.75 Å². The van der Waals surface area contributed by atoms with E-state index >= 15 is 0 Å². The van der Waals surface area contributed by atoms with Crippen LogP contribution in [0.1, 0.15) is 63.1 Å². The smallest absolute Gasteiger partial charge is 0.245 e. The number of hydrogen-bond acceptors (Lipinski definition) is 13. The van der Waals surface area contributed by atoms with Crippen LogP contribution in [-0.4, -0.2) is 136 Å². The summed E-state index contributed by atoms with van der Waals surface area (Å²) in [6, 6.07) is 14.0. The van der Waals surface area contributed by atoms with E-state index in [1.807, 2.05) is 54.6 Å². The number of carbonyl (C=O) groups is 9. The number of phenolic OH excluding ortho intramolecular Hbond substituents is 1. The average Bonchev–Trinajstić information content (AvgIpc) is 3.84. The van der Waals surface area contributed by atoms with Gasteiger partial charge in [0.1, 0.15) is 48.0 Å². The van der Waals surface area contributed by atoms with Crippen molar-refractivity contribution in [2.24, 2.45) is 23.1 Å². The van der Waals surface area contributed by atoms with Gasteiger partial charge in [-0.1, -0.05) is 86.6 Å². The second-order valence-corrected chi connectivity index (χ2v) is 19.9. The second kappa shape index (κ2) is 27.6. The number of H-pyrrole nitrogens is 1. The largest absolute Gasteiger partial charge is 0.508 e. The van der Waals surface area contributed by atoms with Gasteiger partial charge in [0.2, 0.25) is 53.2 Å². The van der Waals surface area contributed by atoms with Gasteiger partial charge < -0.3 is 74.9 Å². The summed E-state index contributed by atoms with van der Waals surface area (Å²) in [7, 11) is 0. The number of aromatic nitrogens is 1. The van der Waals surface area contributed by atoms with E-state index in [0.717, 1.165) is 21.7 Å². The van der Waals surface area contributed by atoms with Gasteiger partial charge in [-0.2, -0.15) is 0 Å². The number of nitrogens with two attached hydrogens (primary N) is 3. The van der Waals surface area contributed by atoms with Crippen LogP contribution in [-0.2, 0) is 62.4 Å². The Kier molecular flexibility index (Phi) is 20.8. The first-order valence-corrected chi connectivity index (χ1v) is 25.8. The highest BCUT2D eigenvalue weighted by molar-refractivity contribution is 6.00. The topological polar surface area (TPSA) is 384 Å². The third-order valence-electron chi connectivity index (χ3n) is 13.4. The van der Waals surface area contributed by atoms with E-state index < -0.39 is 126 Å². The van der Waals surface area contributed by atoms with Crippen LogP contribution in [0.3, 0.4) is 0 Å². The molecule has 9 amide bonds. The number of hydrogen-bond donors (Lipinski definition) is 14. The number of aromatic hydroxyl groups is 1. The summed E-state index contributed by atoms with van der Waals surface area (Å²) in [5, 5.41) is 43.7. The molecule has 1 saturated heterocycles. The molecule has 1 aliphatic rings. The number of para-hydroxylation sites is 1. The molecule has 4 unspecified atom stereocenters. The highest BCUT2D eigenvalue weighted by Gasteiger charge is 2.37. The SMILES string of the molecule is CC(C)C1NC(=O)[C@H](CCCCN)NC(=O)C(Cc2c[nH]c3ccccc23)NC(=O)[C@H](Cc2ccc(O)cc2)NC(=O)C(NC(=O)[C@H](N)Cc2ccc3ccccc3c2)CC(=O)NCC(C(=O)N[C@H](C(N)=O)[C@@H](C)O)NC1=O. The minimum absolute atomic E-state index is 0.00388. The van der Waals surface area contributed by atoms with E-state index in [2.05, 4.69) is 47.5 Å². The van der Waals surface area contributed by atoms with E-state index in [4.69, 9.17) is 17.2 Å². The number of aliphatic hydroxyl groups is 1. The number of nitrogens with one attached hydrogen (secondary N) is 9. The van der Waals surface area contributed by atoms with Crippen LogP contribution in [0.25, 0.3) is 21.7 Å². The Balaban J connectivity index is 1.42. The zero-order valence-electron chi connectivity index (χ0n) is 43.7. The fourth-order valence-electron chi connectivity index (χ4n) is 9.00. The minimum Gasteiger partial charge on any atom is -0.508 e. The highest BCUT2D eigenvalue weighted by Crippen LogP contribution is 2.21. The Morgan fingerprint density at radius 2 is 1.35 bits per heavy atom. The average molecular weight is 1080 g/mol. The number of fused-ring (bicyclic) bond motifs is 2. The van der Waals surface area contributed by atoms with E-state index in [1.54, 1.807) is 32.2 Å². The Labute approximate surface area is 450 Å². The van der Waals surface area contributed by atoms with Gasteiger partial charge in [0, 0.05) is 36.5 Å². The van der Waals surface area contributed by atoms with Gasteiger partial charge in [0.25, 0.3) is 0 Å². The summed E-state index contributed by atoms with van der Waals surface area (Å²) in [6.45, 7) is 3.93. The quantitative estimate of drug-likeness (QED) is 0.0495. The number of rotatable bonds is 17. The van der Waals surface area contributed by atoms with E-state index in [-0.39, 0.29) is 38.0 Å². The zero-order valence-corrected chi connectivity index (χ0v) is 43.7. The van der Waals surface area contributed by atoms with Crippen LogP contribution in [0.4, 0.5) is 0 Å². The molecule has 0 bridgehead atoms. The van der Waals surface area contributed by atoms with E-state index in [9.17, 15) is 53.4 Å². The van der Waals surface area contributed by atoms with Crippen molar-refractivity contribution >= 4 is 74.8 Å². The lowest BCUT2D eigenvalue weighted by atomic mass is 9.99. The van der Waals surface area contributed by atoms with Crippen LogP contribution >= 0.6 is 0 Å². The first-order chi connectivity index (χ1) is 37.2. The summed E-state index contributed by atoms with van der Waals surface area (Å²) >= 11 is 0. The van der Waals surface area contributed by atoms with Gasteiger partial charge in [-0.3, -0.25) is 43.2 Å². The molecular weight excluding hydrogens is 1000 g/mol. The molecule has 0 radical (unpaired) electrons. The molecule has 4 aromatic carbocycles. The molecule has 0 saturated carbocycles. The van der Waals surface area contributed by atoms with Crippen molar-refractivity contribution in [3.05, 3.63) is 114 Å². The predicted molar refractivity (Wildman–Crippen MR) is 289 cm³/mol. The summed E-state index contributed by atoms with van der Waals surface area (Å²) in [4.78, 5) is 130. The molecule has 6 rings (SSSR count). The molecule has 23 heteroatoms. The molecule has 1 aliphatic heterocycles. The van der Waals surface area contributed by atoms with Crippen LogP contribution < -0.4 is 59.7 Å². The standard InChI is InChI=1S/C55H70N12O11/c1-29(2)46-55(78)65-44(54(77)67-47(30(3)68)48(58)71)28-60-45(70)26-43(62-49(72)38(57)23-32-15-18-33-10-4-5-11-34(33)22-32)53(76)63-41(24-31-16-19-36(69)20-17-31)51(74)64-42(25-35-27-59-39-13-7-6-12-37(35)39)52(75)61-40(50(73)66-46)14-8-9-21-56/h4-7,10-13,15-20,22,27,29-30,38,40-44,46-47,59,68-69H,8-9,14,21,23-26,28,56-57H2,1-3H3,(H2,58,71)(H,60,70)(H,61,75)(H,62,72)(H,63,76)(H,64,74)(H,65,78)(H,66,73)(H,67,77)/t30-,38-,40+,41+,42?,43?,44?,46?,47+/m1/s1. The second-order valence-electron chi connectivity index (χ2n) is 19.9. The van der Waals surface area contributed by atoms with Crippen LogP contribution in [0.5, 0.6) is 5.75 Å². The van der Waals surface area contributed by atoms with Crippen molar-refractivity contribution in [1.82, 2.24) is 47.5 Å². The lowest BCUT2D eigenvalue weighted by Gasteiger charge is -2.30. The van der Waals surface area contributed by atoms with Gasteiger partial charge in [0.05, 0.1) is 18.6 Å². The summed E-state index contributed by atoms with van der Waals surface area (Å²) in [5.74, 6) is -9.31. The molecule has 0 aliphatic carbocycles. The van der Waals surface area contributed by atoms with Crippen LogP contribution in [0, 0.1) is 5.92 Å². The molecule has 9 atom stereocenters. The number of aromatic amines is 1. The number of amides is 9. The Morgan fingerprint density at radius 3 is 2.03 bits per heavy atom. The van der Waals surface area contributed by atoms with Crippen molar-refractivity contribution in [3.63, 3.8) is 0 Å². The lowest BCUT2D eigenvalue weighted by molar-refractivity contribution is -0.137. The van der Waals surface area contributed by atoms with E-state index in [1.165, 1.54) is 31.2 Å². The summed E-state index contributed by atoms with van der Waals surface area (Å²) < 4.78 is 0. The highest BCUT2D eigenvalue weighted by atomic mass is 16.3. The molecule has 1 aromatic heterocycles. The third kappa shape index (κ3) is 16.3. The van der Waals surface area contributed by atoms with Gasteiger partial charge >= 0.3 is 0 Å². The fourth-order valence-corrected chi connectivity index (χ4v) is 9.00. The Hall–Kier alpha value is -8.41. The molecule has 78 heavy (non-hydrogen) atoms. The normalized spacial score (nSPS) is 21.4. The predicted octanol–water partition coefficient (Wildman–Crippen LogP) is -1.05. The molecule has 0 spiro atoms. The maximum Gasteiger partial charge on any atom is 0.245 e. The number of primary amides is 1. The molecule has 416 valence electrons. The van der Waals surface area contributed by atoms with Gasteiger partial charge in [0.15, 0.2) is 0 Å². The molecule has 17 N–H and O–H groups in total. The van der Waals surface area contributed by atoms with Crippen molar-refractivity contribution in [1.29, 1.82) is 0 Å². The summed E-state index contributed by atoms with van der Waals surface area (Å²) in [5.41, 5.74) is 20.2. The lowest BCUT2D eigenvalue weighted by Crippen LogP contribution is -2.63. The first kappa shape index (κ1) is 58.8.